The lowest BCUT2D eigenvalue weighted by Crippen LogP contribution is -2.38. The average Bonchev–Trinajstić information content (AvgIpc) is 2.75. The Morgan fingerprint density at radius 1 is 1.39 bits per heavy atom. The molecular weight excluding hydrogens is 234 g/mol. The molecule has 0 aromatic carbocycles. The highest BCUT2D eigenvalue weighted by atomic mass is 16.4. The first kappa shape index (κ1) is 12.7. The summed E-state index contributed by atoms with van der Waals surface area (Å²) < 4.78 is 5.30. The first-order chi connectivity index (χ1) is 8.56. The average molecular weight is 251 g/mol. The van der Waals surface area contributed by atoms with E-state index in [4.69, 9.17) is 9.52 Å². The smallest absolute Gasteiger partial charge is 0.303 e. The van der Waals surface area contributed by atoms with E-state index in [0.29, 0.717) is 18.8 Å². The quantitative estimate of drug-likeness (QED) is 0.890. The molecule has 0 atom stereocenters. The lowest BCUT2D eigenvalue weighted by Gasteiger charge is -2.30. The van der Waals surface area contributed by atoms with E-state index in [-0.39, 0.29) is 18.2 Å². The number of likely N-dealkylation sites (tertiary alicyclic amines) is 1. The van der Waals surface area contributed by atoms with E-state index in [1.807, 2.05) is 0 Å². The van der Waals surface area contributed by atoms with Gasteiger partial charge in [0, 0.05) is 19.5 Å². The molecule has 5 nitrogen and oxygen atoms in total. The van der Waals surface area contributed by atoms with Crippen molar-refractivity contribution in [3.63, 3.8) is 0 Å². The van der Waals surface area contributed by atoms with Gasteiger partial charge < -0.3 is 14.4 Å². The second-order valence-electron chi connectivity index (χ2n) is 4.74. The van der Waals surface area contributed by atoms with Crippen LogP contribution in [0.25, 0.3) is 0 Å². The fourth-order valence-corrected chi connectivity index (χ4v) is 2.29. The SMILES string of the molecule is Cc1ccc(C(=O)N2CCC(CC(=O)O)CC2)o1. The van der Waals surface area contributed by atoms with Crippen molar-refractivity contribution in [2.24, 2.45) is 5.92 Å². The molecule has 0 spiro atoms. The van der Waals surface area contributed by atoms with Crippen molar-refractivity contribution < 1.29 is 19.1 Å². The zero-order valence-corrected chi connectivity index (χ0v) is 10.4. The lowest BCUT2D eigenvalue weighted by molar-refractivity contribution is -0.138. The molecular formula is C13H17NO4. The highest BCUT2D eigenvalue weighted by molar-refractivity contribution is 5.91. The monoisotopic (exact) mass is 251 g/mol. The fraction of sp³-hybridized carbons (Fsp3) is 0.538. The summed E-state index contributed by atoms with van der Waals surface area (Å²) in [5.74, 6) is 0.409. The highest BCUT2D eigenvalue weighted by Crippen LogP contribution is 2.22. The Bertz CT molecular complexity index is 444. The molecule has 18 heavy (non-hydrogen) atoms. The highest BCUT2D eigenvalue weighted by Gasteiger charge is 2.26. The van der Waals surface area contributed by atoms with E-state index in [0.717, 1.165) is 18.6 Å². The molecule has 1 saturated heterocycles. The van der Waals surface area contributed by atoms with Crippen molar-refractivity contribution in [3.05, 3.63) is 23.7 Å². The van der Waals surface area contributed by atoms with E-state index in [1.54, 1.807) is 24.0 Å². The van der Waals surface area contributed by atoms with E-state index >= 15 is 0 Å². The molecule has 0 bridgehead atoms. The first-order valence-electron chi connectivity index (χ1n) is 6.14. The number of carbonyl (C=O) groups is 2. The largest absolute Gasteiger partial charge is 0.481 e. The number of furan rings is 1. The van der Waals surface area contributed by atoms with Crippen LogP contribution in [0, 0.1) is 12.8 Å². The van der Waals surface area contributed by atoms with Crippen LogP contribution in [0.3, 0.4) is 0 Å². The van der Waals surface area contributed by atoms with Crippen molar-refractivity contribution in [1.29, 1.82) is 0 Å². The minimum Gasteiger partial charge on any atom is -0.481 e. The molecule has 98 valence electrons. The molecule has 1 aliphatic heterocycles. The van der Waals surface area contributed by atoms with Gasteiger partial charge in [0.1, 0.15) is 5.76 Å². The predicted molar refractivity (Wildman–Crippen MR) is 64.3 cm³/mol. The van der Waals surface area contributed by atoms with Gasteiger partial charge in [0.2, 0.25) is 0 Å². The Morgan fingerprint density at radius 2 is 2.06 bits per heavy atom. The Kier molecular flexibility index (Phi) is 3.69. The summed E-state index contributed by atoms with van der Waals surface area (Å²) in [4.78, 5) is 24.4. The van der Waals surface area contributed by atoms with Crippen molar-refractivity contribution >= 4 is 11.9 Å². The number of carboxylic acids is 1. The Hall–Kier alpha value is -1.78. The topological polar surface area (TPSA) is 70.8 Å². The molecule has 2 heterocycles. The molecule has 1 N–H and O–H groups in total. The Balaban J connectivity index is 1.90. The number of aliphatic carboxylic acids is 1. The zero-order valence-electron chi connectivity index (χ0n) is 10.4. The number of hydrogen-bond donors (Lipinski definition) is 1. The van der Waals surface area contributed by atoms with Crippen LogP contribution in [0.15, 0.2) is 16.5 Å². The first-order valence-corrected chi connectivity index (χ1v) is 6.14. The minimum atomic E-state index is -0.763. The number of rotatable bonds is 3. The van der Waals surface area contributed by atoms with Crippen LogP contribution >= 0.6 is 0 Å². The summed E-state index contributed by atoms with van der Waals surface area (Å²) in [6.07, 6.45) is 1.69. The van der Waals surface area contributed by atoms with Gasteiger partial charge >= 0.3 is 5.97 Å². The number of carbonyl (C=O) groups excluding carboxylic acids is 1. The summed E-state index contributed by atoms with van der Waals surface area (Å²) >= 11 is 0. The molecule has 2 rings (SSSR count). The number of carboxylic acid groups (broad SMARTS) is 1. The van der Waals surface area contributed by atoms with Crippen molar-refractivity contribution in [1.82, 2.24) is 4.90 Å². The van der Waals surface area contributed by atoms with Crippen LogP contribution < -0.4 is 0 Å². The second-order valence-corrected chi connectivity index (χ2v) is 4.74. The molecule has 0 unspecified atom stereocenters. The molecule has 0 saturated carbocycles. The van der Waals surface area contributed by atoms with Gasteiger partial charge in [-0.1, -0.05) is 0 Å². The maximum absolute atomic E-state index is 12.1. The van der Waals surface area contributed by atoms with Crippen LogP contribution in [0.2, 0.25) is 0 Å². The van der Waals surface area contributed by atoms with Crippen molar-refractivity contribution in [2.75, 3.05) is 13.1 Å². The van der Waals surface area contributed by atoms with E-state index in [9.17, 15) is 9.59 Å². The molecule has 1 fully saturated rings. The van der Waals surface area contributed by atoms with Crippen LogP contribution in [-0.4, -0.2) is 35.0 Å². The van der Waals surface area contributed by atoms with Crippen molar-refractivity contribution in [3.8, 4) is 0 Å². The number of amides is 1. The molecule has 1 aromatic heterocycles. The maximum Gasteiger partial charge on any atom is 0.303 e. The van der Waals surface area contributed by atoms with Gasteiger partial charge in [0.25, 0.3) is 5.91 Å². The van der Waals surface area contributed by atoms with Crippen LogP contribution in [0.5, 0.6) is 0 Å². The molecule has 1 amide bonds. The third-order valence-corrected chi connectivity index (χ3v) is 3.32. The van der Waals surface area contributed by atoms with E-state index in [1.165, 1.54) is 0 Å². The normalized spacial score (nSPS) is 16.8. The van der Waals surface area contributed by atoms with Crippen LogP contribution in [0.1, 0.15) is 35.6 Å². The summed E-state index contributed by atoms with van der Waals surface area (Å²) in [5, 5.41) is 8.73. The van der Waals surface area contributed by atoms with Gasteiger partial charge in [-0.3, -0.25) is 9.59 Å². The van der Waals surface area contributed by atoms with Gasteiger partial charge in [0.05, 0.1) is 0 Å². The van der Waals surface area contributed by atoms with Crippen LogP contribution in [0.4, 0.5) is 0 Å². The molecule has 5 heteroatoms. The second kappa shape index (κ2) is 5.25. The summed E-state index contributed by atoms with van der Waals surface area (Å²) in [5.41, 5.74) is 0. The van der Waals surface area contributed by atoms with Gasteiger partial charge in [-0.25, -0.2) is 0 Å². The third kappa shape index (κ3) is 2.91. The molecule has 0 radical (unpaired) electrons. The van der Waals surface area contributed by atoms with Crippen LogP contribution in [-0.2, 0) is 4.79 Å². The standard InChI is InChI=1S/C13H17NO4/c1-9-2-3-11(18-9)13(17)14-6-4-10(5-7-14)8-12(15)16/h2-3,10H,4-8H2,1H3,(H,15,16). The summed E-state index contributed by atoms with van der Waals surface area (Å²) in [7, 11) is 0. The fourth-order valence-electron chi connectivity index (χ4n) is 2.29. The van der Waals surface area contributed by atoms with E-state index in [2.05, 4.69) is 0 Å². The Labute approximate surface area is 105 Å². The third-order valence-electron chi connectivity index (χ3n) is 3.32. The number of piperidine rings is 1. The predicted octanol–water partition coefficient (Wildman–Crippen LogP) is 1.91. The minimum absolute atomic E-state index is 0.100. The number of hydrogen-bond acceptors (Lipinski definition) is 3. The zero-order chi connectivity index (χ0) is 13.1. The Morgan fingerprint density at radius 3 is 2.56 bits per heavy atom. The van der Waals surface area contributed by atoms with Gasteiger partial charge in [-0.2, -0.15) is 0 Å². The summed E-state index contributed by atoms with van der Waals surface area (Å²) in [6.45, 7) is 3.02. The lowest BCUT2D eigenvalue weighted by atomic mass is 9.93. The number of nitrogens with zero attached hydrogens (tertiary/aromatic N) is 1. The van der Waals surface area contributed by atoms with Gasteiger partial charge in [0.15, 0.2) is 5.76 Å². The maximum atomic E-state index is 12.1. The molecule has 0 aliphatic carbocycles. The van der Waals surface area contributed by atoms with Gasteiger partial charge in [-0.05, 0) is 37.8 Å². The molecule has 1 aromatic rings. The van der Waals surface area contributed by atoms with E-state index < -0.39 is 5.97 Å². The van der Waals surface area contributed by atoms with Crippen molar-refractivity contribution in [2.45, 2.75) is 26.2 Å². The molecule has 1 aliphatic rings. The van der Waals surface area contributed by atoms with Gasteiger partial charge in [-0.15, -0.1) is 0 Å². The number of aryl methyl sites for hydroxylation is 1. The summed E-state index contributed by atoms with van der Waals surface area (Å²) in [6, 6.07) is 3.45.